The van der Waals surface area contributed by atoms with E-state index in [9.17, 15) is 9.90 Å². The Balaban J connectivity index is 2.48. The molecule has 1 aliphatic carbocycles. The van der Waals surface area contributed by atoms with Crippen LogP contribution in [0.4, 0.5) is 0 Å². The molecule has 0 amide bonds. The molecule has 0 spiro atoms. The topological polar surface area (TPSA) is 55.8 Å². The zero-order valence-electron chi connectivity index (χ0n) is 23.3. The van der Waals surface area contributed by atoms with Gasteiger partial charge in [0.1, 0.15) is 17.3 Å². The van der Waals surface area contributed by atoms with Crippen molar-refractivity contribution in [3.05, 3.63) is 75.4 Å². The first-order chi connectivity index (χ1) is 17.0. The molecule has 1 aliphatic rings. The number of allylic oxidation sites excluding steroid dienone is 7. The molecule has 3 rings (SSSR count). The van der Waals surface area contributed by atoms with Crippen LogP contribution in [0.5, 0.6) is 11.5 Å². The normalized spacial score (nSPS) is 14.0. The lowest BCUT2D eigenvalue weighted by Crippen LogP contribution is -2.38. The molecule has 0 unspecified atom stereocenters. The van der Waals surface area contributed by atoms with E-state index >= 15 is 0 Å². The first-order valence-electron chi connectivity index (χ1n) is 12.5. The van der Waals surface area contributed by atoms with Crippen LogP contribution in [0.3, 0.4) is 0 Å². The third kappa shape index (κ3) is 5.00. The maximum atomic E-state index is 13.8. The molecule has 36 heavy (non-hydrogen) atoms. The van der Waals surface area contributed by atoms with Gasteiger partial charge in [-0.15, -0.1) is 0 Å². The van der Waals surface area contributed by atoms with Crippen molar-refractivity contribution in [3.63, 3.8) is 0 Å². The minimum Gasteiger partial charge on any atom is -0.507 e. The summed E-state index contributed by atoms with van der Waals surface area (Å²) in [5, 5.41) is 13.0. The predicted octanol–water partition coefficient (Wildman–Crippen LogP) is 7.89. The van der Waals surface area contributed by atoms with E-state index in [1.165, 1.54) is 5.57 Å². The highest BCUT2D eigenvalue weighted by Gasteiger charge is 2.44. The highest BCUT2D eigenvalue weighted by atomic mass is 16.5. The number of aromatic hydroxyl groups is 1. The molecule has 2 aromatic rings. The van der Waals surface area contributed by atoms with E-state index in [2.05, 4.69) is 71.9 Å². The van der Waals surface area contributed by atoms with Gasteiger partial charge >= 0.3 is 0 Å². The summed E-state index contributed by atoms with van der Waals surface area (Å²) < 4.78 is 11.7. The summed E-state index contributed by atoms with van der Waals surface area (Å²) in [6, 6.07) is 4.15. The van der Waals surface area contributed by atoms with Crippen LogP contribution in [0.25, 0.3) is 16.5 Å². The van der Waals surface area contributed by atoms with Gasteiger partial charge in [-0.3, -0.25) is 4.79 Å². The van der Waals surface area contributed by atoms with Crippen LogP contribution in [-0.4, -0.2) is 25.1 Å². The number of carbonyl (C=O) groups is 1. The number of carbonyl (C=O) groups excluding carboxylic acids is 1. The molecular weight excluding hydrogens is 448 g/mol. The number of ether oxygens (including phenoxy) is 2. The van der Waals surface area contributed by atoms with Crippen LogP contribution in [0, 0.1) is 6.92 Å². The molecule has 0 fully saturated rings. The molecule has 0 saturated heterocycles. The van der Waals surface area contributed by atoms with Gasteiger partial charge in [0.15, 0.2) is 5.78 Å². The van der Waals surface area contributed by atoms with Crippen LogP contribution in [0.15, 0.2) is 53.2 Å². The highest BCUT2D eigenvalue weighted by Crippen LogP contribution is 2.51. The van der Waals surface area contributed by atoms with Gasteiger partial charge in [0.2, 0.25) is 0 Å². The Morgan fingerprint density at radius 3 is 2.00 bits per heavy atom. The van der Waals surface area contributed by atoms with Crippen molar-refractivity contribution in [1.82, 2.24) is 0 Å². The fourth-order valence-corrected chi connectivity index (χ4v) is 4.97. The second kappa shape index (κ2) is 10.8. The quantitative estimate of drug-likeness (QED) is 0.384. The Labute approximate surface area is 216 Å². The zero-order valence-corrected chi connectivity index (χ0v) is 23.3. The van der Waals surface area contributed by atoms with Crippen LogP contribution >= 0.6 is 0 Å². The summed E-state index contributed by atoms with van der Waals surface area (Å²) in [6.07, 6.45) is 9.74. The first-order valence-corrected chi connectivity index (χ1v) is 12.5. The number of methoxy groups -OCH3 is 2. The Morgan fingerprint density at radius 1 is 0.917 bits per heavy atom. The predicted molar refractivity (Wildman–Crippen MR) is 150 cm³/mol. The molecule has 0 radical (unpaired) electrons. The molecule has 192 valence electrons. The van der Waals surface area contributed by atoms with E-state index in [-0.39, 0.29) is 11.5 Å². The number of hydrogen-bond acceptors (Lipinski definition) is 4. The Morgan fingerprint density at radius 2 is 1.50 bits per heavy atom. The average molecular weight is 489 g/mol. The summed E-state index contributed by atoms with van der Waals surface area (Å²) in [7, 11) is 3.18. The van der Waals surface area contributed by atoms with E-state index in [1.54, 1.807) is 20.3 Å². The van der Waals surface area contributed by atoms with Crippen molar-refractivity contribution in [2.75, 3.05) is 14.2 Å². The van der Waals surface area contributed by atoms with Crippen LogP contribution in [0.2, 0.25) is 0 Å². The fraction of sp³-hybridized carbons (Fsp3) is 0.406. The Hall–Kier alpha value is -3.27. The average Bonchev–Trinajstić information content (AvgIpc) is 2.80. The van der Waals surface area contributed by atoms with Gasteiger partial charge in [0, 0.05) is 11.6 Å². The summed E-state index contributed by atoms with van der Waals surface area (Å²) >= 11 is 0. The number of phenolic OH excluding ortho intramolecular Hbond substituents is 1. The molecule has 0 heterocycles. The summed E-state index contributed by atoms with van der Waals surface area (Å²) in [4.78, 5) is 13.8. The van der Waals surface area contributed by atoms with E-state index in [0.29, 0.717) is 36.2 Å². The lowest BCUT2D eigenvalue weighted by atomic mass is 9.66. The van der Waals surface area contributed by atoms with Crippen molar-refractivity contribution >= 4 is 22.3 Å². The van der Waals surface area contributed by atoms with Gasteiger partial charge < -0.3 is 14.6 Å². The molecule has 4 heteroatoms. The first kappa shape index (κ1) is 27.3. The summed E-state index contributed by atoms with van der Waals surface area (Å²) in [6.45, 7) is 14.3. The highest BCUT2D eigenvalue weighted by molar-refractivity contribution is 6.11. The number of aryl methyl sites for hydroxylation is 1. The minimum absolute atomic E-state index is 0.0179. The second-order valence-electron chi connectivity index (χ2n) is 10.6. The maximum absolute atomic E-state index is 13.8. The van der Waals surface area contributed by atoms with Crippen LogP contribution in [0.1, 0.15) is 76.6 Å². The SMILES string of the molecule is COC1=CC(=O)C(CC=C(C)C)(CC=C(C)C)c2cc3cc(C)c(CC=C(C)C)c(O)c3c(OC)c21. The van der Waals surface area contributed by atoms with Crippen molar-refractivity contribution < 1.29 is 19.4 Å². The Bertz CT molecular complexity index is 1290. The molecule has 4 nitrogen and oxygen atoms in total. The molecule has 0 atom stereocenters. The monoisotopic (exact) mass is 488 g/mol. The molecule has 1 N–H and O–H groups in total. The minimum atomic E-state index is -0.794. The van der Waals surface area contributed by atoms with Gasteiger partial charge in [-0.1, -0.05) is 41.0 Å². The van der Waals surface area contributed by atoms with E-state index in [0.717, 1.165) is 38.8 Å². The van der Waals surface area contributed by atoms with Crippen LogP contribution < -0.4 is 4.74 Å². The lowest BCUT2D eigenvalue weighted by Gasteiger charge is -2.37. The molecule has 0 bridgehead atoms. The van der Waals surface area contributed by atoms with Crippen molar-refractivity contribution in [1.29, 1.82) is 0 Å². The zero-order chi connectivity index (χ0) is 26.8. The maximum Gasteiger partial charge on any atom is 0.170 e. The van der Waals surface area contributed by atoms with Crippen molar-refractivity contribution in [2.24, 2.45) is 0 Å². The number of rotatable bonds is 8. The smallest absolute Gasteiger partial charge is 0.170 e. The van der Waals surface area contributed by atoms with Gasteiger partial charge in [-0.05, 0) is 90.3 Å². The van der Waals surface area contributed by atoms with Crippen molar-refractivity contribution in [3.8, 4) is 11.5 Å². The summed E-state index contributed by atoms with van der Waals surface area (Å²) in [5.74, 6) is 1.24. The molecule has 0 aliphatic heterocycles. The third-order valence-corrected chi connectivity index (χ3v) is 7.03. The van der Waals surface area contributed by atoms with Gasteiger partial charge in [0.25, 0.3) is 0 Å². The molecular formula is C32H40O4. The Kier molecular flexibility index (Phi) is 8.18. The number of hydrogen-bond donors (Lipinski definition) is 1. The van der Waals surface area contributed by atoms with Gasteiger partial charge in [-0.2, -0.15) is 0 Å². The second-order valence-corrected chi connectivity index (χ2v) is 10.6. The molecule has 0 aromatic heterocycles. The third-order valence-electron chi connectivity index (χ3n) is 7.03. The number of fused-ring (bicyclic) bond motifs is 2. The largest absolute Gasteiger partial charge is 0.507 e. The van der Waals surface area contributed by atoms with Crippen molar-refractivity contribution in [2.45, 2.75) is 73.1 Å². The fourth-order valence-electron chi connectivity index (χ4n) is 4.97. The van der Waals surface area contributed by atoms with E-state index < -0.39 is 5.41 Å². The lowest BCUT2D eigenvalue weighted by molar-refractivity contribution is -0.120. The van der Waals surface area contributed by atoms with Gasteiger partial charge in [0.05, 0.1) is 30.6 Å². The standard InChI is InChI=1S/C32H40O4/c1-19(2)10-11-24-22(7)16-23-17-25-29(31(36-9)28(23)30(24)34)26(35-8)18-27(33)32(25,14-12-20(3)4)15-13-21(5)6/h10,12-13,16-18,34H,11,14-15H2,1-9H3. The van der Waals surface area contributed by atoms with E-state index in [4.69, 9.17) is 9.47 Å². The number of benzene rings is 2. The number of ketones is 1. The van der Waals surface area contributed by atoms with E-state index in [1.807, 2.05) is 6.92 Å². The molecule has 2 aromatic carbocycles. The van der Waals surface area contributed by atoms with Crippen LogP contribution in [-0.2, 0) is 21.4 Å². The van der Waals surface area contributed by atoms with Gasteiger partial charge in [-0.25, -0.2) is 0 Å². The summed E-state index contributed by atoms with van der Waals surface area (Å²) in [5.41, 5.74) is 6.21. The molecule has 0 saturated carbocycles. The number of phenols is 1.